The van der Waals surface area contributed by atoms with Crippen LogP contribution < -0.4 is 15.4 Å². The molecule has 0 bridgehead atoms. The van der Waals surface area contributed by atoms with E-state index in [-0.39, 0.29) is 5.91 Å². The number of hydrogen-bond acceptors (Lipinski definition) is 5. The minimum atomic E-state index is -0.418. The summed E-state index contributed by atoms with van der Waals surface area (Å²) in [6, 6.07) is 5.54. The van der Waals surface area contributed by atoms with E-state index in [1.807, 2.05) is 25.1 Å². The number of para-hydroxylation sites is 1. The van der Waals surface area contributed by atoms with Crippen LogP contribution in [0.5, 0.6) is 5.75 Å². The molecule has 1 atom stereocenters. The van der Waals surface area contributed by atoms with Crippen molar-refractivity contribution in [2.45, 2.75) is 19.4 Å². The molecule has 1 aromatic rings. The smallest absolute Gasteiger partial charge is 0.268 e. The van der Waals surface area contributed by atoms with Crippen molar-refractivity contribution in [2.75, 3.05) is 50.0 Å². The van der Waals surface area contributed by atoms with Crippen LogP contribution in [0.15, 0.2) is 18.2 Å². The fraction of sp³-hybridized carbons (Fsp3) is 0.562. The summed E-state index contributed by atoms with van der Waals surface area (Å²) >= 11 is 0. The number of hydrogen-bond donors (Lipinski definition) is 1. The van der Waals surface area contributed by atoms with Crippen LogP contribution in [0.3, 0.4) is 0 Å². The van der Waals surface area contributed by atoms with Gasteiger partial charge in [-0.2, -0.15) is 0 Å². The zero-order valence-electron chi connectivity index (χ0n) is 13.0. The number of rotatable bonds is 4. The van der Waals surface area contributed by atoms with E-state index in [0.29, 0.717) is 30.1 Å². The second kappa shape index (κ2) is 6.54. The van der Waals surface area contributed by atoms with Gasteiger partial charge in [0.15, 0.2) is 6.10 Å². The highest BCUT2D eigenvalue weighted by Crippen LogP contribution is 2.39. The zero-order valence-corrected chi connectivity index (χ0v) is 13.0. The van der Waals surface area contributed by atoms with Crippen LogP contribution in [0.25, 0.3) is 0 Å². The predicted octanol–water partition coefficient (Wildman–Crippen LogP) is 1.10. The molecule has 6 nitrogen and oxygen atoms in total. The predicted molar refractivity (Wildman–Crippen MR) is 85.2 cm³/mol. The third-order valence-electron chi connectivity index (χ3n) is 4.23. The average Bonchev–Trinajstić information content (AvgIpc) is 2.55. The van der Waals surface area contributed by atoms with Crippen molar-refractivity contribution in [3.8, 4) is 5.75 Å². The van der Waals surface area contributed by atoms with Gasteiger partial charge in [-0.15, -0.1) is 0 Å². The molecule has 2 aliphatic rings. The molecule has 2 heterocycles. The van der Waals surface area contributed by atoms with Crippen LogP contribution in [-0.2, 0) is 9.53 Å². The maximum Gasteiger partial charge on any atom is 0.268 e. The van der Waals surface area contributed by atoms with Crippen LogP contribution in [0, 0.1) is 0 Å². The zero-order chi connectivity index (χ0) is 15.5. The quantitative estimate of drug-likeness (QED) is 0.844. The molecule has 1 amide bonds. The largest absolute Gasteiger partial charge is 0.478 e. The minimum absolute atomic E-state index is 0.00107. The summed E-state index contributed by atoms with van der Waals surface area (Å²) in [7, 11) is 0. The number of carbonyl (C=O) groups is 1. The molecule has 6 heteroatoms. The van der Waals surface area contributed by atoms with Gasteiger partial charge in [-0.1, -0.05) is 13.0 Å². The Hall–Kier alpha value is -1.79. The van der Waals surface area contributed by atoms with E-state index in [2.05, 4.69) is 4.90 Å². The van der Waals surface area contributed by atoms with Gasteiger partial charge < -0.3 is 20.1 Å². The number of nitrogen functional groups attached to an aromatic ring is 1. The summed E-state index contributed by atoms with van der Waals surface area (Å²) in [5, 5.41) is 0. The van der Waals surface area contributed by atoms with Crippen LogP contribution in [0.1, 0.15) is 13.3 Å². The van der Waals surface area contributed by atoms with Crippen LogP contribution >= 0.6 is 0 Å². The van der Waals surface area contributed by atoms with Crippen LogP contribution in [0.4, 0.5) is 11.4 Å². The Morgan fingerprint density at radius 2 is 2.05 bits per heavy atom. The molecule has 0 spiro atoms. The van der Waals surface area contributed by atoms with E-state index in [1.165, 1.54) is 0 Å². The Morgan fingerprint density at radius 1 is 1.27 bits per heavy atom. The molecule has 1 aromatic carbocycles. The second-order valence-electron chi connectivity index (χ2n) is 5.65. The van der Waals surface area contributed by atoms with Gasteiger partial charge in [0.2, 0.25) is 0 Å². The van der Waals surface area contributed by atoms with Gasteiger partial charge >= 0.3 is 0 Å². The normalized spacial score (nSPS) is 22.3. The van der Waals surface area contributed by atoms with Gasteiger partial charge in [0, 0.05) is 26.2 Å². The first-order valence-electron chi connectivity index (χ1n) is 7.87. The third-order valence-corrected chi connectivity index (χ3v) is 4.23. The van der Waals surface area contributed by atoms with Crippen LogP contribution in [-0.4, -0.2) is 56.3 Å². The maximum absolute atomic E-state index is 12.6. The summed E-state index contributed by atoms with van der Waals surface area (Å²) in [5.74, 6) is 0.703. The lowest BCUT2D eigenvalue weighted by atomic mass is 10.1. The average molecular weight is 305 g/mol. The first kappa shape index (κ1) is 15.1. The summed E-state index contributed by atoms with van der Waals surface area (Å²) in [4.78, 5) is 16.7. The number of carbonyl (C=O) groups excluding carboxylic acids is 1. The summed E-state index contributed by atoms with van der Waals surface area (Å²) < 4.78 is 11.2. The first-order valence-corrected chi connectivity index (χ1v) is 7.87. The Balaban J connectivity index is 1.79. The van der Waals surface area contributed by atoms with Crippen molar-refractivity contribution in [3.63, 3.8) is 0 Å². The number of nitrogens with two attached hydrogens (primary N) is 1. The molecule has 22 heavy (non-hydrogen) atoms. The Morgan fingerprint density at radius 3 is 2.77 bits per heavy atom. The van der Waals surface area contributed by atoms with Crippen molar-refractivity contribution < 1.29 is 14.3 Å². The molecule has 1 fully saturated rings. The monoisotopic (exact) mass is 305 g/mol. The van der Waals surface area contributed by atoms with Gasteiger partial charge in [-0.3, -0.25) is 9.69 Å². The molecule has 2 N–H and O–H groups in total. The molecule has 0 radical (unpaired) electrons. The third kappa shape index (κ3) is 2.89. The van der Waals surface area contributed by atoms with E-state index >= 15 is 0 Å². The molecular formula is C16H23N3O3. The standard InChI is InChI=1S/C16H23N3O3/c1-2-13-16(20)19(7-6-18-8-10-21-11-9-18)15-12(17)4-3-5-14(15)22-13/h3-5,13H,2,6-11,17H2,1H3. The van der Waals surface area contributed by atoms with Gasteiger partial charge in [0.05, 0.1) is 18.9 Å². The summed E-state index contributed by atoms with van der Waals surface area (Å²) in [5.41, 5.74) is 7.38. The number of amides is 1. The van der Waals surface area contributed by atoms with Crippen molar-refractivity contribution in [1.82, 2.24) is 4.90 Å². The first-order chi connectivity index (χ1) is 10.7. The number of benzene rings is 1. The van der Waals surface area contributed by atoms with E-state index in [0.717, 1.165) is 32.8 Å². The number of ether oxygens (including phenoxy) is 2. The lowest BCUT2D eigenvalue weighted by molar-refractivity contribution is -0.126. The van der Waals surface area contributed by atoms with Gasteiger partial charge in [0.1, 0.15) is 11.4 Å². The summed E-state index contributed by atoms with van der Waals surface area (Å²) in [6.45, 7) is 6.74. The van der Waals surface area contributed by atoms with E-state index in [9.17, 15) is 4.79 Å². The highest BCUT2D eigenvalue weighted by atomic mass is 16.5. The maximum atomic E-state index is 12.6. The lowest BCUT2D eigenvalue weighted by Gasteiger charge is -2.36. The Labute approximate surface area is 130 Å². The molecule has 120 valence electrons. The van der Waals surface area contributed by atoms with E-state index in [1.54, 1.807) is 4.90 Å². The second-order valence-corrected chi connectivity index (χ2v) is 5.65. The Bertz CT molecular complexity index is 543. The van der Waals surface area contributed by atoms with Gasteiger partial charge in [-0.05, 0) is 18.6 Å². The fourth-order valence-electron chi connectivity index (χ4n) is 2.96. The van der Waals surface area contributed by atoms with Gasteiger partial charge in [-0.25, -0.2) is 0 Å². The van der Waals surface area contributed by atoms with Crippen molar-refractivity contribution >= 4 is 17.3 Å². The molecule has 1 unspecified atom stereocenters. The highest BCUT2D eigenvalue weighted by Gasteiger charge is 2.34. The molecule has 0 aliphatic carbocycles. The molecular weight excluding hydrogens is 282 g/mol. The number of fused-ring (bicyclic) bond motifs is 1. The van der Waals surface area contributed by atoms with Gasteiger partial charge in [0.25, 0.3) is 5.91 Å². The van der Waals surface area contributed by atoms with E-state index in [4.69, 9.17) is 15.2 Å². The molecule has 0 saturated carbocycles. The van der Waals surface area contributed by atoms with Crippen LogP contribution in [0.2, 0.25) is 0 Å². The number of anilines is 2. The Kier molecular flexibility index (Phi) is 4.49. The molecule has 0 aromatic heterocycles. The highest BCUT2D eigenvalue weighted by molar-refractivity contribution is 6.03. The number of nitrogens with zero attached hydrogens (tertiary/aromatic N) is 2. The minimum Gasteiger partial charge on any atom is -0.478 e. The van der Waals surface area contributed by atoms with Crippen molar-refractivity contribution in [2.24, 2.45) is 0 Å². The molecule has 1 saturated heterocycles. The van der Waals surface area contributed by atoms with E-state index < -0.39 is 6.10 Å². The van der Waals surface area contributed by atoms with Crippen molar-refractivity contribution in [1.29, 1.82) is 0 Å². The summed E-state index contributed by atoms with van der Waals surface area (Å²) in [6.07, 6.45) is 0.236. The van der Waals surface area contributed by atoms with Crippen molar-refractivity contribution in [3.05, 3.63) is 18.2 Å². The number of morpholine rings is 1. The molecule has 2 aliphatic heterocycles. The topological polar surface area (TPSA) is 68.0 Å². The lowest BCUT2D eigenvalue weighted by Crippen LogP contribution is -2.49. The fourth-order valence-corrected chi connectivity index (χ4v) is 2.96. The SMILES string of the molecule is CCC1Oc2cccc(N)c2N(CCN2CCOCC2)C1=O. The molecule has 3 rings (SSSR count).